The third kappa shape index (κ3) is 5.35. The molecule has 184 valence electrons. The maximum Gasteiger partial charge on any atom is 0.328 e. The molecule has 0 saturated carbocycles. The van der Waals surface area contributed by atoms with E-state index in [4.69, 9.17) is 9.84 Å². The molecule has 2 heterocycles. The van der Waals surface area contributed by atoms with E-state index in [1.807, 2.05) is 0 Å². The summed E-state index contributed by atoms with van der Waals surface area (Å²) >= 11 is 0. The number of carbonyl (C=O) groups excluding carboxylic acids is 2. The van der Waals surface area contributed by atoms with Gasteiger partial charge in [-0.1, -0.05) is 12.1 Å². The number of carbonyl (C=O) groups is 3. The normalized spacial score (nSPS) is 13.6. The first-order valence-corrected chi connectivity index (χ1v) is 11.2. The molecule has 0 aliphatic carbocycles. The molecule has 0 spiro atoms. The SMILES string of the molecule is Cc1[nH]c(C=C2C(=O)Nc3ccc(F)cc32)c(C)c1C(=O)NCCOc1ccc(C=CC(=O)O)cc1. The average molecular weight is 490 g/mol. The van der Waals surface area contributed by atoms with Gasteiger partial charge in [-0.15, -0.1) is 0 Å². The minimum atomic E-state index is -1.02. The summed E-state index contributed by atoms with van der Waals surface area (Å²) in [7, 11) is 0. The van der Waals surface area contributed by atoms with Gasteiger partial charge in [0.2, 0.25) is 0 Å². The molecule has 0 unspecified atom stereocenters. The van der Waals surface area contributed by atoms with Crippen LogP contribution in [0, 0.1) is 19.7 Å². The van der Waals surface area contributed by atoms with Crippen molar-refractivity contribution in [1.82, 2.24) is 10.3 Å². The van der Waals surface area contributed by atoms with Gasteiger partial charge in [0.25, 0.3) is 11.8 Å². The molecule has 0 atom stereocenters. The van der Waals surface area contributed by atoms with Gasteiger partial charge < -0.3 is 25.5 Å². The Morgan fingerprint density at radius 3 is 2.61 bits per heavy atom. The van der Waals surface area contributed by atoms with Crippen LogP contribution in [0.3, 0.4) is 0 Å². The number of hydrogen-bond acceptors (Lipinski definition) is 4. The van der Waals surface area contributed by atoms with Crippen LogP contribution in [-0.2, 0) is 9.59 Å². The number of rotatable bonds is 8. The van der Waals surface area contributed by atoms with Crippen molar-refractivity contribution in [2.45, 2.75) is 13.8 Å². The Kier molecular flexibility index (Phi) is 7.00. The van der Waals surface area contributed by atoms with Crippen LogP contribution in [-0.4, -0.2) is 41.0 Å². The van der Waals surface area contributed by atoms with E-state index >= 15 is 0 Å². The number of ether oxygens (including phenoxy) is 1. The third-order valence-electron chi connectivity index (χ3n) is 5.71. The maximum absolute atomic E-state index is 13.7. The van der Waals surface area contributed by atoms with Crippen molar-refractivity contribution in [2.75, 3.05) is 18.5 Å². The van der Waals surface area contributed by atoms with Gasteiger partial charge in [0.1, 0.15) is 18.2 Å². The van der Waals surface area contributed by atoms with E-state index in [1.54, 1.807) is 44.2 Å². The summed E-state index contributed by atoms with van der Waals surface area (Å²) < 4.78 is 19.4. The molecule has 36 heavy (non-hydrogen) atoms. The molecule has 2 aromatic carbocycles. The monoisotopic (exact) mass is 489 g/mol. The standard InChI is InChI=1S/C27H24FN3O5/c1-15-23(14-21-20-13-18(28)6-9-22(20)31-26(21)34)30-16(2)25(15)27(35)29-11-12-36-19-7-3-17(4-8-19)5-10-24(32)33/h3-10,13-14,30H,11-12H2,1-2H3,(H,29,35)(H,31,34)(H,32,33). The first-order chi connectivity index (χ1) is 17.2. The van der Waals surface area contributed by atoms with Crippen molar-refractivity contribution in [1.29, 1.82) is 0 Å². The topological polar surface area (TPSA) is 121 Å². The highest BCUT2D eigenvalue weighted by Crippen LogP contribution is 2.34. The number of hydrogen-bond donors (Lipinski definition) is 4. The number of H-pyrrole nitrogens is 1. The molecule has 2 amide bonds. The summed E-state index contributed by atoms with van der Waals surface area (Å²) in [5.41, 5.74) is 4.42. The number of fused-ring (bicyclic) bond motifs is 1. The largest absolute Gasteiger partial charge is 0.492 e. The van der Waals surface area contributed by atoms with Gasteiger partial charge in [0.15, 0.2) is 0 Å². The first-order valence-electron chi connectivity index (χ1n) is 11.2. The van der Waals surface area contributed by atoms with E-state index in [9.17, 15) is 18.8 Å². The Labute approximate surface area is 206 Å². The van der Waals surface area contributed by atoms with Crippen LogP contribution in [0.4, 0.5) is 10.1 Å². The van der Waals surface area contributed by atoms with Gasteiger partial charge >= 0.3 is 5.97 Å². The highest BCUT2D eigenvalue weighted by molar-refractivity contribution is 6.34. The lowest BCUT2D eigenvalue weighted by molar-refractivity contribution is -0.131. The predicted octanol–water partition coefficient (Wildman–Crippen LogP) is 4.17. The Bertz CT molecular complexity index is 1400. The highest BCUT2D eigenvalue weighted by atomic mass is 19.1. The summed E-state index contributed by atoms with van der Waals surface area (Å²) in [6.45, 7) is 4.04. The molecule has 0 radical (unpaired) electrons. The van der Waals surface area contributed by atoms with Crippen LogP contribution in [0.2, 0.25) is 0 Å². The molecule has 1 aliphatic heterocycles. The zero-order valence-electron chi connectivity index (χ0n) is 19.6. The summed E-state index contributed by atoms with van der Waals surface area (Å²) in [5, 5.41) is 14.2. The fraction of sp³-hybridized carbons (Fsp3) is 0.148. The Balaban J connectivity index is 1.39. The highest BCUT2D eigenvalue weighted by Gasteiger charge is 2.26. The summed E-state index contributed by atoms with van der Waals surface area (Å²) in [4.78, 5) is 39.0. The van der Waals surface area contributed by atoms with Gasteiger partial charge in [-0.05, 0) is 67.5 Å². The number of aliphatic carboxylic acids is 1. The number of carboxylic acids is 1. The molecule has 1 aromatic heterocycles. The Hall–Kier alpha value is -4.66. The second-order valence-electron chi connectivity index (χ2n) is 8.21. The number of carboxylic acid groups (broad SMARTS) is 1. The van der Waals surface area contributed by atoms with Crippen LogP contribution in [0.1, 0.15) is 38.4 Å². The molecule has 1 aliphatic rings. The molecule has 0 saturated heterocycles. The molecular formula is C27H24FN3O5. The molecule has 8 nitrogen and oxygen atoms in total. The lowest BCUT2D eigenvalue weighted by Crippen LogP contribution is -2.28. The van der Waals surface area contributed by atoms with Crippen LogP contribution in [0.25, 0.3) is 17.7 Å². The quantitative estimate of drug-likeness (QED) is 0.280. The molecule has 4 rings (SSSR count). The third-order valence-corrected chi connectivity index (χ3v) is 5.71. The number of aromatic amines is 1. The summed E-state index contributed by atoms with van der Waals surface area (Å²) in [5.74, 6) is -1.50. The zero-order valence-corrected chi connectivity index (χ0v) is 19.6. The lowest BCUT2D eigenvalue weighted by Gasteiger charge is -2.08. The lowest BCUT2D eigenvalue weighted by atomic mass is 10.0. The van der Waals surface area contributed by atoms with Crippen LogP contribution in [0.5, 0.6) is 5.75 Å². The van der Waals surface area contributed by atoms with E-state index in [-0.39, 0.29) is 25.0 Å². The zero-order chi connectivity index (χ0) is 25.8. The van der Waals surface area contributed by atoms with Crippen molar-refractivity contribution in [3.8, 4) is 5.75 Å². The summed E-state index contributed by atoms with van der Waals surface area (Å²) in [6.07, 6.45) is 4.16. The van der Waals surface area contributed by atoms with E-state index in [1.165, 1.54) is 24.3 Å². The molecule has 9 heteroatoms. The number of anilines is 1. The smallest absolute Gasteiger partial charge is 0.328 e. The van der Waals surface area contributed by atoms with Crippen molar-refractivity contribution < 1.29 is 28.6 Å². The van der Waals surface area contributed by atoms with Crippen molar-refractivity contribution in [3.05, 3.63) is 88.0 Å². The second-order valence-corrected chi connectivity index (χ2v) is 8.21. The van der Waals surface area contributed by atoms with E-state index in [2.05, 4.69) is 15.6 Å². The van der Waals surface area contributed by atoms with E-state index in [0.29, 0.717) is 45.1 Å². The number of halogens is 1. The molecular weight excluding hydrogens is 465 g/mol. The molecule has 4 N–H and O–H groups in total. The average Bonchev–Trinajstić information content (AvgIpc) is 3.30. The van der Waals surface area contributed by atoms with Crippen LogP contribution in [0.15, 0.2) is 48.5 Å². The molecule has 3 aromatic rings. The minimum Gasteiger partial charge on any atom is -0.492 e. The van der Waals surface area contributed by atoms with Gasteiger partial charge in [0, 0.05) is 28.7 Å². The fourth-order valence-corrected chi connectivity index (χ4v) is 3.97. The number of benzene rings is 2. The van der Waals surface area contributed by atoms with Gasteiger partial charge in [0.05, 0.1) is 17.7 Å². The van der Waals surface area contributed by atoms with Gasteiger partial charge in [-0.3, -0.25) is 9.59 Å². The number of nitrogens with one attached hydrogen (secondary N) is 3. The molecule has 0 bridgehead atoms. The number of amides is 2. The second kappa shape index (κ2) is 10.3. The Morgan fingerprint density at radius 1 is 1.14 bits per heavy atom. The number of aromatic nitrogens is 1. The molecule has 0 fully saturated rings. The fourth-order valence-electron chi connectivity index (χ4n) is 3.97. The first kappa shape index (κ1) is 24.5. The van der Waals surface area contributed by atoms with Gasteiger partial charge in [-0.2, -0.15) is 0 Å². The van der Waals surface area contributed by atoms with Crippen LogP contribution >= 0.6 is 0 Å². The number of aryl methyl sites for hydroxylation is 1. The van der Waals surface area contributed by atoms with Crippen molar-refractivity contribution in [3.63, 3.8) is 0 Å². The Morgan fingerprint density at radius 2 is 1.89 bits per heavy atom. The van der Waals surface area contributed by atoms with Crippen molar-refractivity contribution in [2.24, 2.45) is 0 Å². The summed E-state index contributed by atoms with van der Waals surface area (Å²) in [6, 6.07) is 11.0. The maximum atomic E-state index is 13.7. The van der Waals surface area contributed by atoms with E-state index in [0.717, 1.165) is 11.6 Å². The van der Waals surface area contributed by atoms with Gasteiger partial charge in [-0.25, -0.2) is 9.18 Å². The van der Waals surface area contributed by atoms with Crippen LogP contribution < -0.4 is 15.4 Å². The predicted molar refractivity (Wildman–Crippen MR) is 134 cm³/mol. The van der Waals surface area contributed by atoms with E-state index < -0.39 is 11.8 Å². The van der Waals surface area contributed by atoms with Crippen molar-refractivity contribution >= 4 is 41.2 Å². The minimum absolute atomic E-state index is 0.234.